The van der Waals surface area contributed by atoms with Crippen LogP contribution in [-0.4, -0.2) is 78.7 Å². The van der Waals surface area contributed by atoms with Crippen LogP contribution in [0.25, 0.3) is 0 Å². The van der Waals surface area contributed by atoms with Crippen molar-refractivity contribution in [3.05, 3.63) is 0 Å². The molecule has 9 nitrogen and oxygen atoms in total. The first-order valence-corrected chi connectivity index (χ1v) is 17.9. The van der Waals surface area contributed by atoms with Crippen molar-refractivity contribution in [2.45, 2.75) is 152 Å². The molecule has 9 aliphatic rings. The summed E-state index contributed by atoms with van der Waals surface area (Å²) >= 11 is 0. The van der Waals surface area contributed by atoms with Gasteiger partial charge in [0.2, 0.25) is 0 Å². The van der Waals surface area contributed by atoms with Gasteiger partial charge in [-0.05, 0) is 98.7 Å². The van der Waals surface area contributed by atoms with Crippen LogP contribution in [0.1, 0.15) is 103 Å². The van der Waals surface area contributed by atoms with E-state index in [0.717, 1.165) is 47.3 Å². The molecule has 9 fully saturated rings. The number of nitrogens with one attached hydrogen (secondary N) is 8. The molecule has 8 unspecified atom stereocenters. The predicted molar refractivity (Wildman–Crippen MR) is 168 cm³/mol. The van der Waals surface area contributed by atoms with E-state index < -0.39 is 0 Å². The normalized spacial score (nSPS) is 54.9. The number of rotatable bonds is 0. The van der Waals surface area contributed by atoms with Crippen LogP contribution < -0.4 is 42.5 Å². The third-order valence-electron chi connectivity index (χ3n) is 13.8. The van der Waals surface area contributed by atoms with E-state index in [2.05, 4.69) is 42.5 Å². The molecule has 5 saturated heterocycles. The Morgan fingerprint density at radius 3 is 0.476 bits per heavy atom. The van der Waals surface area contributed by atoms with Gasteiger partial charge in [-0.15, -0.1) is 0 Å². The molecule has 9 rings (SSSR count). The Morgan fingerprint density at radius 1 is 0.238 bits per heavy atom. The van der Waals surface area contributed by atoms with Gasteiger partial charge in [-0.1, -0.05) is 51.4 Å². The summed E-state index contributed by atoms with van der Waals surface area (Å²) in [5.74, 6) is 5.97. The average Bonchev–Trinajstić information content (AvgIpc) is 3.73. The second-order valence-corrected chi connectivity index (χ2v) is 15.6. The Bertz CT molecular complexity index is 723. The van der Waals surface area contributed by atoms with Gasteiger partial charge in [0.05, 0.1) is 49.3 Å². The molecule has 10 N–H and O–H groups in total. The summed E-state index contributed by atoms with van der Waals surface area (Å²) in [5, 5.41) is 33.8. The van der Waals surface area contributed by atoms with Gasteiger partial charge in [0.25, 0.3) is 0 Å². The first-order chi connectivity index (χ1) is 19.8. The Labute approximate surface area is 270 Å². The molecule has 5 aliphatic heterocycles. The third-order valence-corrected chi connectivity index (χ3v) is 13.8. The van der Waals surface area contributed by atoms with E-state index >= 15 is 0 Å². The summed E-state index contributed by atoms with van der Waals surface area (Å²) in [6.07, 6.45) is 25.6. The molecule has 10 heteroatoms. The van der Waals surface area contributed by atoms with E-state index in [0.29, 0.717) is 49.3 Å². The maximum absolute atomic E-state index is 4.26. The van der Waals surface area contributed by atoms with Crippen molar-refractivity contribution >= 4 is 23.9 Å². The molecule has 42 heavy (non-hydrogen) atoms. The van der Waals surface area contributed by atoms with E-state index in [-0.39, 0.29) is 29.4 Å². The fourth-order valence-electron chi connectivity index (χ4n) is 12.0. The second kappa shape index (κ2) is 12.9. The summed E-state index contributed by atoms with van der Waals surface area (Å²) in [6, 6.07) is 0. The van der Waals surface area contributed by atoms with Gasteiger partial charge in [0.1, 0.15) is 0 Å². The molecule has 237 valence electrons. The monoisotopic (exact) mass is 691 g/mol. The third kappa shape index (κ3) is 5.35. The SMILES string of the molecule is C1CCC2C3NC(NC4NC(NC5NC(NC6NC(N3)C3CCCCC63)C3CCCCC53)C3CCCCC43)C2C1.O.[SnH]. The zero-order chi connectivity index (χ0) is 26.2. The van der Waals surface area contributed by atoms with Crippen molar-refractivity contribution in [2.75, 3.05) is 0 Å². The van der Waals surface area contributed by atoms with Crippen LogP contribution in [0.2, 0.25) is 0 Å². The summed E-state index contributed by atoms with van der Waals surface area (Å²) in [5.41, 5.74) is 0. The summed E-state index contributed by atoms with van der Waals surface area (Å²) < 4.78 is 0. The van der Waals surface area contributed by atoms with Crippen molar-refractivity contribution in [2.24, 2.45) is 47.3 Å². The minimum absolute atomic E-state index is 0. The minimum atomic E-state index is 0. The van der Waals surface area contributed by atoms with E-state index in [9.17, 15) is 0 Å². The van der Waals surface area contributed by atoms with Crippen LogP contribution in [0.3, 0.4) is 0 Å². The van der Waals surface area contributed by atoms with E-state index in [1.165, 1.54) is 103 Å². The fourth-order valence-corrected chi connectivity index (χ4v) is 12.0. The molecule has 4 aliphatic carbocycles. The predicted octanol–water partition coefficient (Wildman–Crippen LogP) is 1.13. The molecule has 0 aromatic heterocycles. The molecular weight excluding hydrogens is 631 g/mol. The first kappa shape index (κ1) is 31.1. The molecule has 8 bridgehead atoms. The Balaban J connectivity index is 0.00000144. The van der Waals surface area contributed by atoms with Crippen LogP contribution in [0.5, 0.6) is 0 Å². The molecular formula is C32H59N8OSn. The fraction of sp³-hybridized carbons (Fsp3) is 1.00. The van der Waals surface area contributed by atoms with Crippen molar-refractivity contribution in [1.82, 2.24) is 42.5 Å². The van der Waals surface area contributed by atoms with Gasteiger partial charge < -0.3 is 5.48 Å². The number of hydrogen-bond donors (Lipinski definition) is 8. The zero-order valence-corrected chi connectivity index (χ0v) is 28.9. The van der Waals surface area contributed by atoms with Crippen molar-refractivity contribution < 1.29 is 5.48 Å². The summed E-state index contributed by atoms with van der Waals surface area (Å²) in [6.45, 7) is 0. The first-order valence-electron chi connectivity index (χ1n) is 17.9. The van der Waals surface area contributed by atoms with Crippen LogP contribution in [0.4, 0.5) is 0 Å². The van der Waals surface area contributed by atoms with E-state index in [1.807, 2.05) is 0 Å². The van der Waals surface area contributed by atoms with Crippen molar-refractivity contribution in [1.29, 1.82) is 0 Å². The van der Waals surface area contributed by atoms with Crippen molar-refractivity contribution in [3.8, 4) is 0 Å². The van der Waals surface area contributed by atoms with E-state index in [4.69, 9.17) is 0 Å². The maximum atomic E-state index is 4.26. The summed E-state index contributed by atoms with van der Waals surface area (Å²) in [7, 11) is 0. The molecule has 4 saturated carbocycles. The molecule has 5 heterocycles. The molecule has 8 atom stereocenters. The molecule has 0 spiro atoms. The quantitative estimate of drug-likeness (QED) is 0.178. The molecule has 0 aromatic carbocycles. The molecule has 3 radical (unpaired) electrons. The van der Waals surface area contributed by atoms with Gasteiger partial charge in [-0.25, -0.2) is 0 Å². The van der Waals surface area contributed by atoms with Crippen LogP contribution in [-0.2, 0) is 0 Å². The Hall–Kier alpha value is 0.439. The van der Waals surface area contributed by atoms with Gasteiger partial charge in [0.15, 0.2) is 0 Å². The molecule has 0 aromatic rings. The Kier molecular flexibility index (Phi) is 9.55. The van der Waals surface area contributed by atoms with E-state index in [1.54, 1.807) is 0 Å². The Morgan fingerprint density at radius 2 is 0.357 bits per heavy atom. The van der Waals surface area contributed by atoms with Gasteiger partial charge in [0, 0.05) is 0 Å². The molecule has 0 amide bonds. The van der Waals surface area contributed by atoms with Gasteiger partial charge in [-0.3, -0.25) is 42.5 Å². The van der Waals surface area contributed by atoms with Gasteiger partial charge in [-0.2, -0.15) is 0 Å². The van der Waals surface area contributed by atoms with Crippen LogP contribution >= 0.6 is 0 Å². The van der Waals surface area contributed by atoms with Crippen molar-refractivity contribution in [3.63, 3.8) is 0 Å². The van der Waals surface area contributed by atoms with Gasteiger partial charge >= 0.3 is 23.9 Å². The second-order valence-electron chi connectivity index (χ2n) is 15.6. The number of fused-ring (bicyclic) bond motifs is 20. The zero-order valence-electron chi connectivity index (χ0n) is 25.6. The standard InChI is InChI=1S/C32H56N8.H2O.Sn.H/c1-2-10-18-17(9-1)25-33-26(18)38-28-21-13-5-6-14-22(21)30(35-28)40-32-24-16-8-7-15-23(24)31(36-32)39-29-20-12-4-3-11-19(20)27(34-29)37-25;;;/h17-40H,1-16H2;1H2;;. The van der Waals surface area contributed by atoms with Crippen LogP contribution in [0.15, 0.2) is 0 Å². The number of hydrogen-bond acceptors (Lipinski definition) is 8. The average molecular weight is 691 g/mol. The summed E-state index contributed by atoms with van der Waals surface area (Å²) in [4.78, 5) is 0. The van der Waals surface area contributed by atoms with Crippen LogP contribution in [0, 0.1) is 47.3 Å². The topological polar surface area (TPSA) is 128 Å².